The fraction of sp³-hybridized carbons (Fsp3) is 0.545. The fourth-order valence-electron chi connectivity index (χ4n) is 1.79. The Morgan fingerprint density at radius 1 is 1.62 bits per heavy atom. The molecule has 0 aromatic carbocycles. The van der Waals surface area contributed by atoms with Gasteiger partial charge in [0.25, 0.3) is 0 Å². The highest BCUT2D eigenvalue weighted by Gasteiger charge is 2.14. The molecule has 1 fully saturated rings. The molecular weight excluding hydrogens is 226 g/mol. The summed E-state index contributed by atoms with van der Waals surface area (Å²) in [7, 11) is 0. The Labute approximate surface area is 100 Å². The zero-order chi connectivity index (χ0) is 11.4. The van der Waals surface area contributed by atoms with E-state index in [1.165, 1.54) is 0 Å². The van der Waals surface area contributed by atoms with Crippen LogP contribution in [0, 0.1) is 5.92 Å². The maximum atomic E-state index is 6.00. The predicted octanol–water partition coefficient (Wildman–Crippen LogP) is 2.16. The van der Waals surface area contributed by atoms with Gasteiger partial charge in [0.15, 0.2) is 0 Å². The van der Waals surface area contributed by atoms with Crippen LogP contribution >= 0.6 is 11.6 Å². The Morgan fingerprint density at radius 3 is 3.19 bits per heavy atom. The Morgan fingerprint density at radius 2 is 2.50 bits per heavy atom. The van der Waals surface area contributed by atoms with Crippen LogP contribution in [0.2, 0.25) is 5.02 Å². The molecule has 2 heterocycles. The Balaban J connectivity index is 1.80. The molecule has 88 valence electrons. The van der Waals surface area contributed by atoms with Crippen LogP contribution in [0.25, 0.3) is 0 Å². The molecule has 1 saturated heterocycles. The van der Waals surface area contributed by atoms with Crippen molar-refractivity contribution < 1.29 is 4.74 Å². The molecule has 0 saturated carbocycles. The molecule has 1 aromatic rings. The van der Waals surface area contributed by atoms with E-state index in [-0.39, 0.29) is 0 Å². The largest absolute Gasteiger partial charge is 0.397 e. The first-order valence-corrected chi connectivity index (χ1v) is 5.86. The van der Waals surface area contributed by atoms with Crippen LogP contribution in [0.15, 0.2) is 12.3 Å². The number of nitrogens with two attached hydrogens (primary N) is 1. The number of anilines is 2. The van der Waals surface area contributed by atoms with Crippen molar-refractivity contribution in [2.45, 2.75) is 12.8 Å². The van der Waals surface area contributed by atoms with Crippen molar-refractivity contribution in [2.75, 3.05) is 30.8 Å². The second-order valence-corrected chi connectivity index (χ2v) is 4.45. The summed E-state index contributed by atoms with van der Waals surface area (Å²) in [4.78, 5) is 4.14. The predicted molar refractivity (Wildman–Crippen MR) is 65.7 cm³/mol. The summed E-state index contributed by atoms with van der Waals surface area (Å²) in [5.41, 5.74) is 6.15. The van der Waals surface area contributed by atoms with Crippen molar-refractivity contribution in [3.63, 3.8) is 0 Å². The van der Waals surface area contributed by atoms with E-state index in [2.05, 4.69) is 10.3 Å². The van der Waals surface area contributed by atoms with Crippen LogP contribution in [0.1, 0.15) is 12.8 Å². The van der Waals surface area contributed by atoms with Crippen LogP contribution < -0.4 is 11.1 Å². The first-order valence-electron chi connectivity index (χ1n) is 5.48. The van der Waals surface area contributed by atoms with Crippen molar-refractivity contribution in [2.24, 2.45) is 5.92 Å². The first kappa shape index (κ1) is 11.5. The second-order valence-electron chi connectivity index (χ2n) is 4.04. The van der Waals surface area contributed by atoms with Gasteiger partial charge in [0.2, 0.25) is 0 Å². The van der Waals surface area contributed by atoms with Gasteiger partial charge in [0, 0.05) is 19.8 Å². The van der Waals surface area contributed by atoms with Crippen LogP contribution in [-0.4, -0.2) is 24.7 Å². The summed E-state index contributed by atoms with van der Waals surface area (Å²) in [6, 6.07) is 1.70. The lowest BCUT2D eigenvalue weighted by atomic mass is 10.1. The van der Waals surface area contributed by atoms with Gasteiger partial charge < -0.3 is 15.8 Å². The van der Waals surface area contributed by atoms with Crippen molar-refractivity contribution >= 4 is 23.1 Å². The van der Waals surface area contributed by atoms with Crippen LogP contribution in [-0.2, 0) is 4.74 Å². The molecule has 16 heavy (non-hydrogen) atoms. The zero-order valence-corrected chi connectivity index (χ0v) is 9.83. The maximum absolute atomic E-state index is 6.00. The number of nitrogens with zero attached hydrogens (tertiary/aromatic N) is 1. The quantitative estimate of drug-likeness (QED) is 0.848. The summed E-state index contributed by atoms with van der Waals surface area (Å²) < 4.78 is 5.31. The molecule has 0 amide bonds. The average molecular weight is 242 g/mol. The Kier molecular flexibility index (Phi) is 3.85. The van der Waals surface area contributed by atoms with E-state index in [1.54, 1.807) is 12.3 Å². The molecule has 0 aliphatic carbocycles. The van der Waals surface area contributed by atoms with Gasteiger partial charge in [-0.1, -0.05) is 11.6 Å². The summed E-state index contributed by atoms with van der Waals surface area (Å²) in [6.45, 7) is 2.64. The number of nitrogens with one attached hydrogen (secondary N) is 1. The number of pyridine rings is 1. The molecule has 0 spiro atoms. The van der Waals surface area contributed by atoms with Gasteiger partial charge in [-0.05, 0) is 24.8 Å². The average Bonchev–Trinajstić information content (AvgIpc) is 2.74. The SMILES string of the molecule is Nc1cnc(NCCC2CCOC2)c(Cl)c1. The molecule has 1 aromatic heterocycles. The van der Waals surface area contributed by atoms with Gasteiger partial charge in [-0.3, -0.25) is 0 Å². The molecule has 4 nitrogen and oxygen atoms in total. The number of halogens is 1. The highest BCUT2D eigenvalue weighted by Crippen LogP contribution is 2.22. The van der Waals surface area contributed by atoms with Gasteiger partial charge in [0.05, 0.1) is 16.9 Å². The van der Waals surface area contributed by atoms with Crippen LogP contribution in [0.3, 0.4) is 0 Å². The first-order chi connectivity index (χ1) is 7.75. The molecule has 1 atom stereocenters. The monoisotopic (exact) mass is 241 g/mol. The van der Waals surface area contributed by atoms with Gasteiger partial charge in [-0.25, -0.2) is 4.98 Å². The third kappa shape index (κ3) is 3.00. The normalized spacial score (nSPS) is 19.9. The number of hydrogen-bond acceptors (Lipinski definition) is 4. The highest BCUT2D eigenvalue weighted by molar-refractivity contribution is 6.33. The van der Waals surface area contributed by atoms with E-state index in [9.17, 15) is 0 Å². The fourth-order valence-corrected chi connectivity index (χ4v) is 2.03. The van der Waals surface area contributed by atoms with Gasteiger partial charge in [-0.2, -0.15) is 0 Å². The zero-order valence-electron chi connectivity index (χ0n) is 9.08. The number of aromatic nitrogens is 1. The summed E-state index contributed by atoms with van der Waals surface area (Å²) in [6.07, 6.45) is 3.85. The van der Waals surface area contributed by atoms with E-state index in [0.29, 0.717) is 22.4 Å². The molecule has 3 N–H and O–H groups in total. The van der Waals surface area contributed by atoms with Gasteiger partial charge in [-0.15, -0.1) is 0 Å². The third-order valence-corrected chi connectivity index (χ3v) is 3.02. The van der Waals surface area contributed by atoms with Crippen molar-refractivity contribution in [3.8, 4) is 0 Å². The lowest BCUT2D eigenvalue weighted by molar-refractivity contribution is 0.185. The lowest BCUT2D eigenvalue weighted by Gasteiger charge is -2.10. The molecular formula is C11H16ClN3O. The molecule has 1 unspecified atom stereocenters. The third-order valence-electron chi connectivity index (χ3n) is 2.73. The lowest BCUT2D eigenvalue weighted by Crippen LogP contribution is -2.10. The Hall–Kier alpha value is -1.00. The molecule has 1 aliphatic rings. The Bertz CT molecular complexity index is 353. The van der Waals surface area contributed by atoms with E-state index >= 15 is 0 Å². The molecule has 2 rings (SSSR count). The minimum atomic E-state index is 0.572. The topological polar surface area (TPSA) is 60.2 Å². The number of rotatable bonds is 4. The summed E-state index contributed by atoms with van der Waals surface area (Å²) >= 11 is 6.00. The minimum absolute atomic E-state index is 0.572. The number of hydrogen-bond donors (Lipinski definition) is 2. The van der Waals surface area contributed by atoms with E-state index in [1.807, 2.05) is 0 Å². The maximum Gasteiger partial charge on any atom is 0.144 e. The second kappa shape index (κ2) is 5.37. The molecule has 5 heteroatoms. The smallest absolute Gasteiger partial charge is 0.144 e. The van der Waals surface area contributed by atoms with E-state index < -0.39 is 0 Å². The number of nitrogen functional groups attached to an aromatic ring is 1. The van der Waals surface area contributed by atoms with E-state index in [0.717, 1.165) is 32.6 Å². The van der Waals surface area contributed by atoms with Gasteiger partial charge >= 0.3 is 0 Å². The number of ether oxygens (including phenoxy) is 1. The van der Waals surface area contributed by atoms with Crippen molar-refractivity contribution in [1.29, 1.82) is 0 Å². The van der Waals surface area contributed by atoms with Crippen LogP contribution in [0.5, 0.6) is 0 Å². The standard InChI is InChI=1S/C11H16ClN3O/c12-10-5-9(13)6-15-11(10)14-3-1-8-2-4-16-7-8/h5-6,8H,1-4,7,13H2,(H,14,15). The summed E-state index contributed by atoms with van der Waals surface area (Å²) in [5, 5.41) is 3.78. The van der Waals surface area contributed by atoms with Crippen molar-refractivity contribution in [3.05, 3.63) is 17.3 Å². The van der Waals surface area contributed by atoms with Crippen molar-refractivity contribution in [1.82, 2.24) is 4.98 Å². The van der Waals surface area contributed by atoms with Gasteiger partial charge in [0.1, 0.15) is 5.82 Å². The molecule has 1 aliphatic heterocycles. The highest BCUT2D eigenvalue weighted by atomic mass is 35.5. The van der Waals surface area contributed by atoms with Crippen LogP contribution in [0.4, 0.5) is 11.5 Å². The minimum Gasteiger partial charge on any atom is -0.397 e. The summed E-state index contributed by atoms with van der Waals surface area (Å²) in [5.74, 6) is 1.37. The van der Waals surface area contributed by atoms with E-state index in [4.69, 9.17) is 22.1 Å². The molecule has 0 bridgehead atoms. The molecule has 0 radical (unpaired) electrons.